The van der Waals surface area contributed by atoms with E-state index in [9.17, 15) is 24.2 Å². The monoisotopic (exact) mass is 870 g/mol. The Morgan fingerprint density at radius 2 is 1.05 bits per heavy atom. The molecular formula is C44H40BrFN10O4. The average molecular weight is 872 g/mol. The Kier molecular flexibility index (Phi) is 11.7. The molecule has 60 heavy (non-hydrogen) atoms. The first-order chi connectivity index (χ1) is 27.8. The molecular weight excluding hydrogens is 831 g/mol. The summed E-state index contributed by atoms with van der Waals surface area (Å²) >= 11 is 3.42. The Hall–Kier alpha value is -7.59. The molecule has 9 aromatic rings. The van der Waals surface area contributed by atoms with Crippen LogP contribution in [0.1, 0.15) is 35.6 Å². The number of nitrogens with two attached hydrogens (primary N) is 2. The SMILES string of the molecule is C.C.Cn1nc(-c2cccc(-c3cccc(F)c3)c2)c(O)c1-c1nc2ccc(C(N)=O)cc2[nH]1.Cn1nc(-c2cccc(Br)c2)c(O)c1-c1nc2ccc(C(N)=O)cc2[nH]1. The van der Waals surface area contributed by atoms with Gasteiger partial charge < -0.3 is 31.6 Å². The lowest BCUT2D eigenvalue weighted by Crippen LogP contribution is -2.10. The first-order valence-corrected chi connectivity index (χ1v) is 18.4. The van der Waals surface area contributed by atoms with Gasteiger partial charge in [0.2, 0.25) is 11.8 Å². The second-order valence-electron chi connectivity index (χ2n) is 13.3. The highest BCUT2D eigenvalue weighted by Gasteiger charge is 2.23. The minimum Gasteiger partial charge on any atom is -0.504 e. The van der Waals surface area contributed by atoms with Crippen molar-refractivity contribution in [1.82, 2.24) is 39.5 Å². The highest BCUT2D eigenvalue weighted by molar-refractivity contribution is 9.10. The number of hydrogen-bond acceptors (Lipinski definition) is 8. The van der Waals surface area contributed by atoms with E-state index in [1.54, 1.807) is 61.2 Å². The maximum atomic E-state index is 13.6. The Bertz CT molecular complexity index is 3070. The minimum atomic E-state index is -0.535. The van der Waals surface area contributed by atoms with Gasteiger partial charge in [-0.2, -0.15) is 10.2 Å². The van der Waals surface area contributed by atoms with Crippen LogP contribution in [0.15, 0.2) is 114 Å². The van der Waals surface area contributed by atoms with Crippen LogP contribution < -0.4 is 11.5 Å². The summed E-state index contributed by atoms with van der Waals surface area (Å²) in [4.78, 5) is 38.0. The van der Waals surface area contributed by atoms with E-state index in [2.05, 4.69) is 46.1 Å². The molecule has 0 bridgehead atoms. The molecule has 0 fully saturated rings. The van der Waals surface area contributed by atoms with Gasteiger partial charge in [-0.25, -0.2) is 14.4 Å². The number of amides is 2. The molecule has 0 saturated carbocycles. The van der Waals surface area contributed by atoms with Crippen molar-refractivity contribution in [2.45, 2.75) is 14.9 Å². The fourth-order valence-corrected chi connectivity index (χ4v) is 7.04. The summed E-state index contributed by atoms with van der Waals surface area (Å²) in [6.45, 7) is 0. The Morgan fingerprint density at radius 3 is 1.52 bits per heavy atom. The van der Waals surface area contributed by atoms with E-state index in [1.807, 2.05) is 54.6 Å². The predicted octanol–water partition coefficient (Wildman–Crippen LogP) is 8.71. The highest BCUT2D eigenvalue weighted by Crippen LogP contribution is 2.39. The lowest BCUT2D eigenvalue weighted by molar-refractivity contribution is 0.0992. The lowest BCUT2D eigenvalue weighted by atomic mass is 10.0. The molecule has 16 heteroatoms. The van der Waals surface area contributed by atoms with Crippen LogP contribution in [-0.4, -0.2) is 61.5 Å². The molecule has 0 atom stereocenters. The first-order valence-electron chi connectivity index (χ1n) is 17.6. The van der Waals surface area contributed by atoms with Crippen molar-refractivity contribution in [3.63, 3.8) is 0 Å². The summed E-state index contributed by atoms with van der Waals surface area (Å²) in [5.41, 5.74) is 18.7. The summed E-state index contributed by atoms with van der Waals surface area (Å²) in [5, 5.41) is 30.7. The van der Waals surface area contributed by atoms with E-state index in [0.717, 1.165) is 21.2 Å². The van der Waals surface area contributed by atoms with Crippen LogP contribution in [0, 0.1) is 5.82 Å². The van der Waals surface area contributed by atoms with Crippen LogP contribution in [0.5, 0.6) is 11.5 Å². The van der Waals surface area contributed by atoms with Gasteiger partial charge in [0.15, 0.2) is 23.1 Å². The molecule has 0 spiro atoms. The van der Waals surface area contributed by atoms with Crippen molar-refractivity contribution in [3.05, 3.63) is 131 Å². The van der Waals surface area contributed by atoms with E-state index < -0.39 is 11.8 Å². The number of carbonyl (C=O) groups excluding carboxylic acids is 2. The van der Waals surface area contributed by atoms with Gasteiger partial charge in [0.1, 0.15) is 28.6 Å². The molecule has 0 unspecified atom stereocenters. The first kappa shape index (κ1) is 42.0. The van der Waals surface area contributed by atoms with Gasteiger partial charge in [-0.15, -0.1) is 0 Å². The topological polar surface area (TPSA) is 220 Å². The Labute approximate surface area is 351 Å². The van der Waals surface area contributed by atoms with Crippen LogP contribution in [-0.2, 0) is 14.1 Å². The predicted molar refractivity (Wildman–Crippen MR) is 234 cm³/mol. The zero-order valence-electron chi connectivity index (χ0n) is 30.7. The van der Waals surface area contributed by atoms with Gasteiger partial charge in [0.05, 0.1) is 22.1 Å². The summed E-state index contributed by atoms with van der Waals surface area (Å²) in [6.07, 6.45) is 0. The molecule has 9 rings (SSSR count). The standard InChI is InChI=1S/C24H18FN5O2.C18H14BrN5O2.2CH4/c1-30-21(24-27-18-9-8-16(23(26)32)12-19(18)28-24)22(31)20(29-30)15-6-2-4-13(10-15)14-5-3-7-17(25)11-14;1-24-15(16(25)14(23-24)9-3-2-4-11(19)7-9)18-21-12-6-5-10(17(20)26)8-13(12)22-18;;/h2-12,31H,1H3,(H2,26,32)(H,27,28);2-8,25H,1H3,(H2,20,26)(H,21,22);2*1H4. The summed E-state index contributed by atoms with van der Waals surface area (Å²) in [7, 11) is 3.44. The Balaban J connectivity index is 0.000000199. The van der Waals surface area contributed by atoms with Crippen molar-refractivity contribution in [2.75, 3.05) is 0 Å². The normalized spacial score (nSPS) is 10.8. The number of aromatic hydroxyl groups is 2. The number of nitrogens with one attached hydrogen (secondary N) is 2. The van der Waals surface area contributed by atoms with E-state index in [-0.39, 0.29) is 32.2 Å². The van der Waals surface area contributed by atoms with Crippen LogP contribution in [0.4, 0.5) is 4.39 Å². The zero-order valence-corrected chi connectivity index (χ0v) is 32.3. The third-order valence-corrected chi connectivity index (χ3v) is 9.91. The number of imidazole rings is 2. The quantitative estimate of drug-likeness (QED) is 0.0907. The third kappa shape index (κ3) is 7.95. The lowest BCUT2D eigenvalue weighted by Gasteiger charge is -2.05. The minimum absolute atomic E-state index is 0. The smallest absolute Gasteiger partial charge is 0.248 e. The highest BCUT2D eigenvalue weighted by atomic mass is 79.9. The van der Waals surface area contributed by atoms with Gasteiger partial charge in [-0.3, -0.25) is 19.0 Å². The molecule has 0 aliphatic rings. The molecule has 14 nitrogen and oxygen atoms in total. The van der Waals surface area contributed by atoms with Gasteiger partial charge >= 0.3 is 0 Å². The van der Waals surface area contributed by atoms with Crippen LogP contribution in [0.2, 0.25) is 0 Å². The maximum Gasteiger partial charge on any atom is 0.248 e. The molecule has 304 valence electrons. The molecule has 4 heterocycles. The third-order valence-electron chi connectivity index (χ3n) is 9.42. The molecule has 8 N–H and O–H groups in total. The summed E-state index contributed by atoms with van der Waals surface area (Å²) in [5.74, 6) is -0.523. The maximum absolute atomic E-state index is 13.6. The molecule has 0 radical (unpaired) electrons. The van der Waals surface area contributed by atoms with Crippen LogP contribution >= 0.6 is 15.9 Å². The molecule has 0 aliphatic heterocycles. The number of carbonyl (C=O) groups is 2. The van der Waals surface area contributed by atoms with Crippen molar-refractivity contribution in [1.29, 1.82) is 0 Å². The number of aromatic nitrogens is 8. The number of halogens is 2. The number of H-pyrrole nitrogens is 2. The number of hydrogen-bond donors (Lipinski definition) is 6. The Morgan fingerprint density at radius 1 is 0.617 bits per heavy atom. The van der Waals surface area contributed by atoms with Gasteiger partial charge in [-0.1, -0.05) is 73.2 Å². The van der Waals surface area contributed by atoms with E-state index in [0.29, 0.717) is 73.2 Å². The van der Waals surface area contributed by atoms with E-state index >= 15 is 0 Å². The van der Waals surface area contributed by atoms with Crippen molar-refractivity contribution in [2.24, 2.45) is 25.6 Å². The number of aryl methyl sites for hydroxylation is 2. The van der Waals surface area contributed by atoms with Crippen molar-refractivity contribution in [3.8, 4) is 68.2 Å². The van der Waals surface area contributed by atoms with Gasteiger partial charge in [0, 0.05) is 40.8 Å². The fraction of sp³-hybridized carbons (Fsp3) is 0.0909. The number of benzene rings is 5. The molecule has 5 aromatic carbocycles. The average Bonchev–Trinajstić information content (AvgIpc) is 3.96. The summed E-state index contributed by atoms with van der Waals surface area (Å²) < 4.78 is 17.6. The zero-order chi connectivity index (χ0) is 40.8. The van der Waals surface area contributed by atoms with Crippen molar-refractivity contribution < 1.29 is 24.2 Å². The fourth-order valence-electron chi connectivity index (χ4n) is 6.65. The summed E-state index contributed by atoms with van der Waals surface area (Å²) in [6, 6.07) is 31.1. The van der Waals surface area contributed by atoms with E-state index in [4.69, 9.17) is 11.5 Å². The van der Waals surface area contributed by atoms with Gasteiger partial charge in [-0.05, 0) is 77.9 Å². The number of aromatic amines is 2. The second-order valence-corrected chi connectivity index (χ2v) is 14.2. The van der Waals surface area contributed by atoms with Crippen LogP contribution in [0.3, 0.4) is 0 Å². The number of primary amides is 2. The molecule has 2 amide bonds. The second kappa shape index (κ2) is 16.7. The van der Waals surface area contributed by atoms with Crippen molar-refractivity contribution >= 4 is 49.8 Å². The molecule has 0 saturated heterocycles. The van der Waals surface area contributed by atoms with Gasteiger partial charge in [0.25, 0.3) is 0 Å². The molecule has 0 aliphatic carbocycles. The number of rotatable bonds is 7. The largest absolute Gasteiger partial charge is 0.504 e. The number of nitrogens with zero attached hydrogens (tertiary/aromatic N) is 6. The van der Waals surface area contributed by atoms with Crippen LogP contribution in [0.25, 0.3) is 78.7 Å². The molecule has 4 aromatic heterocycles. The van der Waals surface area contributed by atoms with E-state index in [1.165, 1.54) is 16.8 Å². The number of fused-ring (bicyclic) bond motifs is 2.